The molecular weight excluding hydrogens is 230 g/mol. The second kappa shape index (κ2) is 5.75. The van der Waals surface area contributed by atoms with Gasteiger partial charge in [-0.15, -0.1) is 10.2 Å². The maximum Gasteiger partial charge on any atom is 0.247 e. The van der Waals surface area contributed by atoms with Gasteiger partial charge in [0.1, 0.15) is 0 Å². The number of hydrogen-bond donors (Lipinski definition) is 1. The number of aliphatic hydroxyl groups is 1. The number of hydrogen-bond acceptors (Lipinski definition) is 5. The number of aryl methyl sites for hydroxylation is 1. The van der Waals surface area contributed by atoms with Gasteiger partial charge >= 0.3 is 0 Å². The van der Waals surface area contributed by atoms with Crippen molar-refractivity contribution in [3.8, 4) is 11.5 Å². The van der Waals surface area contributed by atoms with Gasteiger partial charge in [-0.2, -0.15) is 0 Å². The van der Waals surface area contributed by atoms with E-state index in [4.69, 9.17) is 9.52 Å². The van der Waals surface area contributed by atoms with Crippen LogP contribution in [0.5, 0.6) is 0 Å². The Bertz CT molecular complexity index is 510. The smallest absolute Gasteiger partial charge is 0.247 e. The van der Waals surface area contributed by atoms with Crippen molar-refractivity contribution in [1.29, 1.82) is 0 Å². The molecule has 0 aliphatic heterocycles. The van der Waals surface area contributed by atoms with E-state index >= 15 is 0 Å². The van der Waals surface area contributed by atoms with Crippen LogP contribution in [-0.4, -0.2) is 40.4 Å². The van der Waals surface area contributed by atoms with Crippen LogP contribution in [0.2, 0.25) is 0 Å². The van der Waals surface area contributed by atoms with Gasteiger partial charge < -0.3 is 9.52 Å². The summed E-state index contributed by atoms with van der Waals surface area (Å²) in [5.41, 5.74) is 2.09. The Kier molecular flexibility index (Phi) is 4.07. The molecule has 1 N–H and O–H groups in total. The van der Waals surface area contributed by atoms with E-state index in [1.54, 1.807) is 0 Å². The van der Waals surface area contributed by atoms with E-state index in [0.29, 0.717) is 24.9 Å². The molecule has 0 radical (unpaired) electrons. The van der Waals surface area contributed by atoms with E-state index < -0.39 is 0 Å². The highest BCUT2D eigenvalue weighted by Crippen LogP contribution is 2.19. The molecule has 0 saturated heterocycles. The van der Waals surface area contributed by atoms with Crippen molar-refractivity contribution in [1.82, 2.24) is 15.1 Å². The fourth-order valence-electron chi connectivity index (χ4n) is 1.69. The first-order valence-corrected chi connectivity index (χ1v) is 5.88. The van der Waals surface area contributed by atoms with Crippen molar-refractivity contribution in [2.24, 2.45) is 0 Å². The van der Waals surface area contributed by atoms with Crippen molar-refractivity contribution in [3.63, 3.8) is 0 Å². The van der Waals surface area contributed by atoms with Crippen LogP contribution in [-0.2, 0) is 6.54 Å². The molecular formula is C13H17N3O2. The Labute approximate surface area is 106 Å². The first-order valence-electron chi connectivity index (χ1n) is 5.88. The van der Waals surface area contributed by atoms with Gasteiger partial charge in [0.05, 0.1) is 13.2 Å². The molecule has 5 nitrogen and oxygen atoms in total. The molecule has 5 heteroatoms. The highest BCUT2D eigenvalue weighted by Gasteiger charge is 2.10. The zero-order valence-corrected chi connectivity index (χ0v) is 10.6. The number of benzene rings is 1. The number of rotatable bonds is 5. The topological polar surface area (TPSA) is 62.4 Å². The average Bonchev–Trinajstić information content (AvgIpc) is 2.78. The van der Waals surface area contributed by atoms with Crippen LogP contribution < -0.4 is 0 Å². The van der Waals surface area contributed by atoms with Crippen LogP contribution in [0.25, 0.3) is 11.5 Å². The summed E-state index contributed by atoms with van der Waals surface area (Å²) in [5.74, 6) is 1.09. The van der Waals surface area contributed by atoms with Gasteiger partial charge in [-0.25, -0.2) is 0 Å². The summed E-state index contributed by atoms with van der Waals surface area (Å²) in [6, 6.07) is 7.94. The minimum Gasteiger partial charge on any atom is -0.419 e. The van der Waals surface area contributed by atoms with Crippen LogP contribution in [0.4, 0.5) is 0 Å². The molecule has 2 rings (SSSR count). The normalized spacial score (nSPS) is 11.1. The number of likely N-dealkylation sites (N-methyl/N-ethyl adjacent to an activating group) is 1. The van der Waals surface area contributed by atoms with Crippen LogP contribution in [0.1, 0.15) is 11.5 Å². The minimum atomic E-state index is 0.120. The Balaban J connectivity index is 2.10. The molecule has 2 aromatic rings. The maximum atomic E-state index is 8.82. The van der Waals surface area contributed by atoms with E-state index in [2.05, 4.69) is 10.2 Å². The molecule has 1 aromatic heterocycles. The number of aliphatic hydroxyl groups excluding tert-OH is 1. The third-order valence-electron chi connectivity index (χ3n) is 2.62. The summed E-state index contributed by atoms with van der Waals surface area (Å²) < 4.78 is 5.60. The van der Waals surface area contributed by atoms with E-state index in [1.807, 2.05) is 43.1 Å². The predicted molar refractivity (Wildman–Crippen MR) is 67.9 cm³/mol. The van der Waals surface area contributed by atoms with Gasteiger partial charge in [0.15, 0.2) is 0 Å². The summed E-state index contributed by atoms with van der Waals surface area (Å²) in [4.78, 5) is 1.92. The minimum absolute atomic E-state index is 0.120. The molecule has 0 atom stereocenters. The molecule has 0 spiro atoms. The summed E-state index contributed by atoms with van der Waals surface area (Å²) in [6.45, 7) is 3.27. The Morgan fingerprint density at radius 1 is 1.33 bits per heavy atom. The molecule has 1 heterocycles. The zero-order valence-electron chi connectivity index (χ0n) is 10.6. The lowest BCUT2D eigenvalue weighted by Crippen LogP contribution is -2.21. The lowest BCUT2D eigenvalue weighted by molar-refractivity contribution is 0.206. The quantitative estimate of drug-likeness (QED) is 0.866. The summed E-state index contributed by atoms with van der Waals surface area (Å²) >= 11 is 0. The second-order valence-electron chi connectivity index (χ2n) is 4.33. The highest BCUT2D eigenvalue weighted by molar-refractivity contribution is 5.53. The molecule has 0 saturated carbocycles. The molecule has 18 heavy (non-hydrogen) atoms. The first kappa shape index (κ1) is 12.7. The van der Waals surface area contributed by atoms with Crippen LogP contribution in [0.3, 0.4) is 0 Å². The SMILES string of the molecule is Cc1cccc(-c2nnc(CN(C)CCO)o2)c1. The molecule has 0 amide bonds. The largest absolute Gasteiger partial charge is 0.419 e. The predicted octanol–water partition coefficient (Wildman–Crippen LogP) is 1.47. The van der Waals surface area contributed by atoms with Gasteiger partial charge in [-0.1, -0.05) is 17.7 Å². The third kappa shape index (κ3) is 3.15. The van der Waals surface area contributed by atoms with Crippen LogP contribution in [0, 0.1) is 6.92 Å². The fraction of sp³-hybridized carbons (Fsp3) is 0.385. The molecule has 0 unspecified atom stereocenters. The molecule has 1 aromatic carbocycles. The van der Waals surface area contributed by atoms with Gasteiger partial charge in [-0.3, -0.25) is 4.90 Å². The maximum absolute atomic E-state index is 8.82. The van der Waals surface area contributed by atoms with Gasteiger partial charge in [0.25, 0.3) is 0 Å². The van der Waals surface area contributed by atoms with E-state index in [1.165, 1.54) is 0 Å². The van der Waals surface area contributed by atoms with Gasteiger partial charge in [0.2, 0.25) is 11.8 Å². The lowest BCUT2D eigenvalue weighted by Gasteiger charge is -2.11. The van der Waals surface area contributed by atoms with E-state index in [-0.39, 0.29) is 6.61 Å². The molecule has 0 aliphatic rings. The van der Waals surface area contributed by atoms with Crippen molar-refractivity contribution in [2.45, 2.75) is 13.5 Å². The lowest BCUT2D eigenvalue weighted by atomic mass is 10.1. The monoisotopic (exact) mass is 247 g/mol. The van der Waals surface area contributed by atoms with Gasteiger partial charge in [-0.05, 0) is 26.1 Å². The summed E-state index contributed by atoms with van der Waals surface area (Å²) in [7, 11) is 1.90. The van der Waals surface area contributed by atoms with E-state index in [9.17, 15) is 0 Å². The molecule has 96 valence electrons. The van der Waals surface area contributed by atoms with Crippen molar-refractivity contribution in [3.05, 3.63) is 35.7 Å². The Morgan fingerprint density at radius 3 is 2.89 bits per heavy atom. The number of aromatic nitrogens is 2. The average molecular weight is 247 g/mol. The first-order chi connectivity index (χ1) is 8.69. The van der Waals surface area contributed by atoms with Gasteiger partial charge in [0, 0.05) is 12.1 Å². The fourth-order valence-corrected chi connectivity index (χ4v) is 1.69. The Morgan fingerprint density at radius 2 is 2.17 bits per heavy atom. The van der Waals surface area contributed by atoms with E-state index in [0.717, 1.165) is 11.1 Å². The summed E-state index contributed by atoms with van der Waals surface area (Å²) in [6.07, 6.45) is 0. The number of nitrogens with zero attached hydrogens (tertiary/aromatic N) is 3. The third-order valence-corrected chi connectivity index (χ3v) is 2.62. The van der Waals surface area contributed by atoms with Crippen LogP contribution >= 0.6 is 0 Å². The summed E-state index contributed by atoms with van der Waals surface area (Å²) in [5, 5.41) is 16.9. The molecule has 0 fully saturated rings. The Hall–Kier alpha value is -1.72. The second-order valence-corrected chi connectivity index (χ2v) is 4.33. The van der Waals surface area contributed by atoms with Crippen LogP contribution in [0.15, 0.2) is 28.7 Å². The highest BCUT2D eigenvalue weighted by atomic mass is 16.4. The van der Waals surface area contributed by atoms with Crippen molar-refractivity contribution >= 4 is 0 Å². The zero-order chi connectivity index (χ0) is 13.0. The molecule has 0 bridgehead atoms. The van der Waals surface area contributed by atoms with Crippen molar-refractivity contribution < 1.29 is 9.52 Å². The molecule has 0 aliphatic carbocycles. The van der Waals surface area contributed by atoms with Crippen molar-refractivity contribution in [2.75, 3.05) is 20.2 Å². The standard InChI is InChI=1S/C13H17N3O2/c1-10-4-3-5-11(8-10)13-15-14-12(18-13)9-16(2)6-7-17/h3-5,8,17H,6-7,9H2,1-2H3.